The summed E-state index contributed by atoms with van der Waals surface area (Å²) in [5, 5.41) is 3.66. The van der Waals surface area contributed by atoms with E-state index in [1.165, 1.54) is 27.9 Å². The SMILES string of the molecule is CCN(Cc1ccc(OC)c(OC)c1)C(=O)[C@H](C)NS(=O)(=O)c1c(C)noc1C. The minimum Gasteiger partial charge on any atom is -0.493 e. The number of sulfonamides is 1. The summed E-state index contributed by atoms with van der Waals surface area (Å²) >= 11 is 0. The third-order valence-corrected chi connectivity index (χ3v) is 6.24. The summed E-state index contributed by atoms with van der Waals surface area (Å²) in [6.07, 6.45) is 0. The van der Waals surface area contributed by atoms with Crippen LogP contribution in [0.1, 0.15) is 30.9 Å². The molecule has 2 rings (SSSR count). The summed E-state index contributed by atoms with van der Waals surface area (Å²) < 4.78 is 43.2. The van der Waals surface area contributed by atoms with Crippen LogP contribution >= 0.6 is 0 Å². The molecule has 1 aromatic heterocycles. The molecule has 1 heterocycles. The molecule has 2 aromatic rings. The molecule has 160 valence electrons. The highest BCUT2D eigenvalue weighted by Crippen LogP contribution is 2.28. The van der Waals surface area contributed by atoms with Crippen molar-refractivity contribution in [3.8, 4) is 11.5 Å². The summed E-state index contributed by atoms with van der Waals surface area (Å²) in [6.45, 7) is 7.09. The van der Waals surface area contributed by atoms with Crippen molar-refractivity contribution in [3.05, 3.63) is 35.2 Å². The van der Waals surface area contributed by atoms with Gasteiger partial charge in [0.05, 0.1) is 20.3 Å². The Morgan fingerprint density at radius 3 is 2.41 bits per heavy atom. The lowest BCUT2D eigenvalue weighted by Gasteiger charge is -2.25. The molecule has 1 amide bonds. The quantitative estimate of drug-likeness (QED) is 0.654. The summed E-state index contributed by atoms with van der Waals surface area (Å²) in [5.41, 5.74) is 1.07. The maximum Gasteiger partial charge on any atom is 0.246 e. The number of aryl methyl sites for hydroxylation is 2. The van der Waals surface area contributed by atoms with Gasteiger partial charge in [0.2, 0.25) is 15.9 Å². The van der Waals surface area contributed by atoms with Gasteiger partial charge in [-0.05, 0) is 45.4 Å². The molecule has 0 fully saturated rings. The standard InChI is InChI=1S/C19H27N3O6S/c1-7-22(11-15-8-9-16(26-5)17(10-15)27-6)19(23)13(3)21-29(24,25)18-12(2)20-28-14(18)4/h8-10,13,21H,7,11H2,1-6H3/t13-/m0/s1. The zero-order valence-corrected chi connectivity index (χ0v) is 18.3. The number of methoxy groups -OCH3 is 2. The van der Waals surface area contributed by atoms with Crippen molar-refractivity contribution in [2.75, 3.05) is 20.8 Å². The highest BCUT2D eigenvalue weighted by Gasteiger charge is 2.29. The van der Waals surface area contributed by atoms with Crippen molar-refractivity contribution in [1.82, 2.24) is 14.8 Å². The Morgan fingerprint density at radius 1 is 1.24 bits per heavy atom. The maximum absolute atomic E-state index is 12.9. The molecule has 0 aliphatic carbocycles. The lowest BCUT2D eigenvalue weighted by Crippen LogP contribution is -2.46. The maximum atomic E-state index is 12.9. The molecule has 0 saturated heterocycles. The van der Waals surface area contributed by atoms with Crippen molar-refractivity contribution < 1.29 is 27.2 Å². The molecule has 0 radical (unpaired) electrons. The van der Waals surface area contributed by atoms with E-state index < -0.39 is 16.1 Å². The second-order valence-electron chi connectivity index (χ2n) is 6.54. The third kappa shape index (κ3) is 5.07. The van der Waals surface area contributed by atoms with E-state index in [2.05, 4.69) is 9.88 Å². The monoisotopic (exact) mass is 425 g/mol. The summed E-state index contributed by atoms with van der Waals surface area (Å²) in [5.74, 6) is 0.969. The number of amides is 1. The van der Waals surface area contributed by atoms with Crippen LogP contribution in [0, 0.1) is 13.8 Å². The minimum absolute atomic E-state index is 0.0416. The van der Waals surface area contributed by atoms with E-state index in [4.69, 9.17) is 14.0 Å². The second kappa shape index (κ2) is 9.27. The molecule has 1 N–H and O–H groups in total. The number of nitrogens with one attached hydrogen (secondary N) is 1. The molecule has 0 aliphatic rings. The molecule has 10 heteroatoms. The van der Waals surface area contributed by atoms with Crippen molar-refractivity contribution in [2.45, 2.75) is 45.2 Å². The molecule has 0 saturated carbocycles. The molecular formula is C19H27N3O6S. The van der Waals surface area contributed by atoms with Gasteiger partial charge in [0.25, 0.3) is 0 Å². The van der Waals surface area contributed by atoms with Crippen molar-refractivity contribution >= 4 is 15.9 Å². The Labute approximate surface area is 171 Å². The average Bonchev–Trinajstić information content (AvgIpc) is 3.03. The predicted molar refractivity (Wildman–Crippen MR) is 106 cm³/mol. The van der Waals surface area contributed by atoms with Gasteiger partial charge in [-0.15, -0.1) is 0 Å². The first kappa shape index (κ1) is 22.7. The number of ether oxygens (including phenoxy) is 2. The van der Waals surface area contributed by atoms with Gasteiger partial charge in [-0.1, -0.05) is 11.2 Å². The van der Waals surface area contributed by atoms with Crippen LogP contribution in [0.25, 0.3) is 0 Å². The number of rotatable bonds is 9. The van der Waals surface area contributed by atoms with E-state index in [0.29, 0.717) is 24.6 Å². The Balaban J connectivity index is 2.16. The normalized spacial score (nSPS) is 12.5. The van der Waals surface area contributed by atoms with Gasteiger partial charge in [-0.25, -0.2) is 8.42 Å². The number of benzene rings is 1. The number of carbonyl (C=O) groups is 1. The number of hydrogen-bond acceptors (Lipinski definition) is 7. The van der Waals surface area contributed by atoms with Crippen molar-refractivity contribution in [1.29, 1.82) is 0 Å². The van der Waals surface area contributed by atoms with Gasteiger partial charge < -0.3 is 18.9 Å². The van der Waals surface area contributed by atoms with Crippen LogP contribution in [0.3, 0.4) is 0 Å². The lowest BCUT2D eigenvalue weighted by atomic mass is 10.1. The second-order valence-corrected chi connectivity index (χ2v) is 8.19. The van der Waals surface area contributed by atoms with E-state index in [9.17, 15) is 13.2 Å². The summed E-state index contributed by atoms with van der Waals surface area (Å²) in [4.78, 5) is 14.4. The molecular weight excluding hydrogens is 398 g/mol. The van der Waals surface area contributed by atoms with Crippen LogP contribution in [0.2, 0.25) is 0 Å². The highest BCUT2D eigenvalue weighted by atomic mass is 32.2. The van der Waals surface area contributed by atoms with Gasteiger partial charge in [0.1, 0.15) is 10.6 Å². The van der Waals surface area contributed by atoms with Gasteiger partial charge >= 0.3 is 0 Å². The van der Waals surface area contributed by atoms with Crippen LogP contribution in [-0.2, 0) is 21.4 Å². The molecule has 0 bridgehead atoms. The van der Waals surface area contributed by atoms with E-state index in [1.54, 1.807) is 24.1 Å². The Hall–Kier alpha value is -2.59. The van der Waals surface area contributed by atoms with Gasteiger partial charge in [0.15, 0.2) is 17.3 Å². The first-order valence-corrected chi connectivity index (χ1v) is 10.6. The smallest absolute Gasteiger partial charge is 0.246 e. The fraction of sp³-hybridized carbons (Fsp3) is 0.474. The van der Waals surface area contributed by atoms with Crippen LogP contribution < -0.4 is 14.2 Å². The Kier molecular flexibility index (Phi) is 7.26. The van der Waals surface area contributed by atoms with Gasteiger partial charge in [-0.3, -0.25) is 4.79 Å². The number of hydrogen-bond donors (Lipinski definition) is 1. The van der Waals surface area contributed by atoms with E-state index in [-0.39, 0.29) is 22.3 Å². The Bertz CT molecular complexity index is 951. The molecule has 1 atom stereocenters. The summed E-state index contributed by atoms with van der Waals surface area (Å²) in [7, 11) is -0.862. The van der Waals surface area contributed by atoms with E-state index in [0.717, 1.165) is 5.56 Å². The molecule has 0 unspecified atom stereocenters. The fourth-order valence-electron chi connectivity index (χ4n) is 3.02. The van der Waals surface area contributed by atoms with Crippen LogP contribution in [0.15, 0.2) is 27.6 Å². The molecule has 9 nitrogen and oxygen atoms in total. The number of aromatic nitrogens is 1. The van der Waals surface area contributed by atoms with Gasteiger partial charge in [0, 0.05) is 13.1 Å². The van der Waals surface area contributed by atoms with E-state index >= 15 is 0 Å². The number of carbonyl (C=O) groups excluding carboxylic acids is 1. The molecule has 29 heavy (non-hydrogen) atoms. The zero-order valence-electron chi connectivity index (χ0n) is 17.5. The molecule has 0 spiro atoms. The van der Waals surface area contributed by atoms with Crippen LogP contribution in [0.5, 0.6) is 11.5 Å². The van der Waals surface area contributed by atoms with E-state index in [1.807, 2.05) is 13.0 Å². The minimum atomic E-state index is -3.95. The fourth-order valence-corrected chi connectivity index (χ4v) is 4.55. The largest absolute Gasteiger partial charge is 0.493 e. The Morgan fingerprint density at radius 2 is 1.90 bits per heavy atom. The third-order valence-electron chi connectivity index (χ3n) is 4.45. The molecule has 1 aromatic carbocycles. The zero-order chi connectivity index (χ0) is 21.8. The number of likely N-dealkylation sites (N-methyl/N-ethyl adjacent to an activating group) is 1. The summed E-state index contributed by atoms with van der Waals surface area (Å²) in [6, 6.07) is 4.41. The van der Waals surface area contributed by atoms with Gasteiger partial charge in [-0.2, -0.15) is 4.72 Å². The number of nitrogens with zero attached hydrogens (tertiary/aromatic N) is 2. The topological polar surface area (TPSA) is 111 Å². The first-order valence-electron chi connectivity index (χ1n) is 9.09. The highest BCUT2D eigenvalue weighted by molar-refractivity contribution is 7.89. The average molecular weight is 426 g/mol. The predicted octanol–water partition coefficient (Wildman–Crippen LogP) is 2.02. The molecule has 0 aliphatic heterocycles. The van der Waals surface area contributed by atoms with Crippen LogP contribution in [0.4, 0.5) is 0 Å². The van der Waals surface area contributed by atoms with Crippen molar-refractivity contribution in [3.63, 3.8) is 0 Å². The lowest BCUT2D eigenvalue weighted by molar-refractivity contribution is -0.133. The van der Waals surface area contributed by atoms with Crippen molar-refractivity contribution in [2.24, 2.45) is 0 Å². The first-order chi connectivity index (χ1) is 13.6. The van der Waals surface area contributed by atoms with Crippen LogP contribution in [-0.4, -0.2) is 51.2 Å².